The van der Waals surface area contributed by atoms with Crippen molar-refractivity contribution in [1.29, 1.82) is 0 Å². The first-order valence-corrected chi connectivity index (χ1v) is 8.52. The second-order valence-corrected chi connectivity index (χ2v) is 7.68. The minimum atomic E-state index is -0.522. The van der Waals surface area contributed by atoms with Crippen LogP contribution in [0.15, 0.2) is 29.3 Å². The fourth-order valence-corrected chi connectivity index (χ4v) is 3.18. The first kappa shape index (κ1) is 18.2. The molecule has 1 amide bonds. The highest BCUT2D eigenvalue weighted by Crippen LogP contribution is 2.33. The zero-order chi connectivity index (χ0) is 18.1. The fraction of sp³-hybridized carbons (Fsp3) is 0.412. The Morgan fingerprint density at radius 2 is 2.08 bits per heavy atom. The molecular formula is C17H20N2O4S. The van der Waals surface area contributed by atoms with Crippen molar-refractivity contribution in [3.63, 3.8) is 0 Å². The van der Waals surface area contributed by atoms with Gasteiger partial charge in [0.2, 0.25) is 5.91 Å². The molecule has 0 atom stereocenters. The van der Waals surface area contributed by atoms with Gasteiger partial charge in [-0.25, -0.2) is 0 Å². The third kappa shape index (κ3) is 3.84. The van der Waals surface area contributed by atoms with Crippen LogP contribution >= 0.6 is 11.8 Å². The lowest BCUT2D eigenvalue weighted by Gasteiger charge is -2.20. The number of thioether (sulfide) groups is 1. The van der Waals surface area contributed by atoms with E-state index < -0.39 is 10.3 Å². The molecule has 0 N–H and O–H groups in total. The van der Waals surface area contributed by atoms with E-state index in [9.17, 15) is 19.7 Å². The van der Waals surface area contributed by atoms with E-state index in [2.05, 4.69) is 0 Å². The van der Waals surface area contributed by atoms with Crippen molar-refractivity contribution in [2.24, 2.45) is 5.41 Å². The molecule has 1 saturated heterocycles. The minimum absolute atomic E-state index is 0.0306. The fourth-order valence-electron chi connectivity index (χ4n) is 2.24. The third-order valence-corrected chi connectivity index (χ3v) is 4.87. The Bertz CT molecular complexity index is 735. The second kappa shape index (κ2) is 6.76. The van der Waals surface area contributed by atoms with Gasteiger partial charge in [0.1, 0.15) is 0 Å². The summed E-state index contributed by atoms with van der Waals surface area (Å²) in [6, 6.07) is 4.82. The van der Waals surface area contributed by atoms with E-state index in [0.717, 1.165) is 0 Å². The number of nitrogens with zero attached hydrogens (tertiary/aromatic N) is 2. The minimum Gasteiger partial charge on any atom is -0.301 e. The average Bonchev–Trinajstić information content (AvgIpc) is 2.81. The van der Waals surface area contributed by atoms with Crippen molar-refractivity contribution in [2.75, 3.05) is 5.75 Å². The van der Waals surface area contributed by atoms with E-state index in [1.165, 1.54) is 28.8 Å². The van der Waals surface area contributed by atoms with Crippen LogP contribution < -0.4 is 0 Å². The predicted octanol–water partition coefficient (Wildman–Crippen LogP) is 3.44. The molecule has 1 heterocycles. The van der Waals surface area contributed by atoms with E-state index in [4.69, 9.17) is 0 Å². The number of rotatable bonds is 4. The van der Waals surface area contributed by atoms with Gasteiger partial charge < -0.3 is 4.90 Å². The SMILES string of the molecule is Cc1c(CN2C(=O)CS/C2=C\C(=O)C(C)(C)C)cccc1[N+](=O)[O-]. The summed E-state index contributed by atoms with van der Waals surface area (Å²) in [6.07, 6.45) is 1.50. The molecule has 0 bridgehead atoms. The molecule has 1 aliphatic heterocycles. The molecule has 24 heavy (non-hydrogen) atoms. The van der Waals surface area contributed by atoms with Gasteiger partial charge in [0.15, 0.2) is 5.78 Å². The maximum atomic E-state index is 12.2. The number of hydrogen-bond donors (Lipinski definition) is 0. The molecule has 0 spiro atoms. The van der Waals surface area contributed by atoms with Gasteiger partial charge in [0.05, 0.1) is 22.2 Å². The van der Waals surface area contributed by atoms with Crippen molar-refractivity contribution >= 4 is 29.1 Å². The Kier molecular flexibility index (Phi) is 5.13. The predicted molar refractivity (Wildman–Crippen MR) is 93.4 cm³/mol. The lowest BCUT2D eigenvalue weighted by molar-refractivity contribution is -0.385. The number of carbonyl (C=O) groups is 2. The van der Waals surface area contributed by atoms with E-state index >= 15 is 0 Å². The normalized spacial score (nSPS) is 16.8. The van der Waals surface area contributed by atoms with E-state index in [1.54, 1.807) is 19.1 Å². The van der Waals surface area contributed by atoms with Gasteiger partial charge in [0, 0.05) is 23.1 Å². The van der Waals surface area contributed by atoms with Gasteiger partial charge in [-0.05, 0) is 12.5 Å². The van der Waals surface area contributed by atoms with Crippen LogP contribution in [0.4, 0.5) is 5.69 Å². The summed E-state index contributed by atoms with van der Waals surface area (Å²) in [6.45, 7) is 7.36. The second-order valence-electron chi connectivity index (χ2n) is 6.68. The topological polar surface area (TPSA) is 80.5 Å². The van der Waals surface area contributed by atoms with Crippen molar-refractivity contribution in [2.45, 2.75) is 34.2 Å². The largest absolute Gasteiger partial charge is 0.301 e. The Balaban J connectivity index is 2.32. The number of nitro groups is 1. The van der Waals surface area contributed by atoms with Crippen molar-refractivity contribution < 1.29 is 14.5 Å². The summed E-state index contributed by atoms with van der Waals surface area (Å²) in [7, 11) is 0. The zero-order valence-corrected chi connectivity index (χ0v) is 15.0. The van der Waals surface area contributed by atoms with Gasteiger partial charge in [-0.15, -0.1) is 0 Å². The number of hydrogen-bond acceptors (Lipinski definition) is 5. The van der Waals surface area contributed by atoms with Crippen LogP contribution in [0.3, 0.4) is 0 Å². The molecule has 0 saturated carbocycles. The first-order valence-electron chi connectivity index (χ1n) is 7.53. The Labute approximate surface area is 145 Å². The summed E-state index contributed by atoms with van der Waals surface area (Å²) in [5, 5.41) is 11.7. The molecule has 0 radical (unpaired) electrons. The molecule has 1 aromatic carbocycles. The average molecular weight is 348 g/mol. The molecule has 0 aromatic heterocycles. The Morgan fingerprint density at radius 3 is 2.67 bits per heavy atom. The number of ketones is 1. The van der Waals surface area contributed by atoms with Crippen molar-refractivity contribution in [3.8, 4) is 0 Å². The molecule has 1 aromatic rings. The van der Waals surface area contributed by atoms with Crippen LogP contribution in [0, 0.1) is 22.5 Å². The third-order valence-electron chi connectivity index (χ3n) is 3.85. The molecule has 1 aliphatic rings. The summed E-state index contributed by atoms with van der Waals surface area (Å²) in [5.41, 5.74) is 0.748. The highest BCUT2D eigenvalue weighted by Gasteiger charge is 2.30. The van der Waals surface area contributed by atoms with E-state index in [-0.39, 0.29) is 29.7 Å². The lowest BCUT2D eigenvalue weighted by atomic mass is 9.91. The molecule has 1 fully saturated rings. The van der Waals surface area contributed by atoms with Crippen LogP contribution in [0.25, 0.3) is 0 Å². The number of amides is 1. The van der Waals surface area contributed by atoms with Gasteiger partial charge in [0.25, 0.3) is 5.69 Å². The summed E-state index contributed by atoms with van der Waals surface area (Å²) in [4.78, 5) is 36.5. The highest BCUT2D eigenvalue weighted by molar-refractivity contribution is 8.04. The number of nitro benzene ring substituents is 1. The number of allylic oxidation sites excluding steroid dienone is 1. The van der Waals surface area contributed by atoms with Crippen LogP contribution in [0.1, 0.15) is 31.9 Å². The van der Waals surface area contributed by atoms with E-state index in [1.807, 2.05) is 20.8 Å². The molecule has 7 heteroatoms. The number of carbonyl (C=O) groups excluding carboxylic acids is 2. The smallest absolute Gasteiger partial charge is 0.272 e. The lowest BCUT2D eigenvalue weighted by Crippen LogP contribution is -2.26. The van der Waals surface area contributed by atoms with Gasteiger partial charge >= 0.3 is 0 Å². The van der Waals surface area contributed by atoms with Crippen LogP contribution in [-0.2, 0) is 16.1 Å². The van der Waals surface area contributed by atoms with Gasteiger partial charge in [-0.2, -0.15) is 0 Å². The molecular weight excluding hydrogens is 328 g/mol. The summed E-state index contributed by atoms with van der Waals surface area (Å²) in [5.74, 6) is 0.122. The molecule has 0 unspecified atom stereocenters. The zero-order valence-electron chi connectivity index (χ0n) is 14.2. The molecule has 0 aliphatic carbocycles. The van der Waals surface area contributed by atoms with Crippen LogP contribution in [-0.4, -0.2) is 27.3 Å². The summed E-state index contributed by atoms with van der Waals surface area (Å²) >= 11 is 1.32. The molecule has 128 valence electrons. The van der Waals surface area contributed by atoms with Gasteiger partial charge in [-0.1, -0.05) is 44.7 Å². The molecule has 2 rings (SSSR count). The quantitative estimate of drug-likeness (QED) is 0.473. The van der Waals surface area contributed by atoms with E-state index in [0.29, 0.717) is 16.2 Å². The monoisotopic (exact) mass is 348 g/mol. The number of benzene rings is 1. The van der Waals surface area contributed by atoms with Crippen molar-refractivity contribution in [3.05, 3.63) is 50.5 Å². The highest BCUT2D eigenvalue weighted by atomic mass is 32.2. The Morgan fingerprint density at radius 1 is 1.42 bits per heavy atom. The van der Waals surface area contributed by atoms with Crippen LogP contribution in [0.5, 0.6) is 0 Å². The van der Waals surface area contributed by atoms with Crippen LogP contribution in [0.2, 0.25) is 0 Å². The summed E-state index contributed by atoms with van der Waals surface area (Å²) < 4.78 is 0. The molecule has 6 nitrogen and oxygen atoms in total. The first-order chi connectivity index (χ1) is 11.1. The van der Waals surface area contributed by atoms with Crippen molar-refractivity contribution in [1.82, 2.24) is 4.90 Å². The standard InChI is InChI=1S/C17H20N2O4S/c1-11-12(6-5-7-13(11)19(22)23)9-18-15(21)10-24-16(18)8-14(20)17(2,3)4/h5-8H,9-10H2,1-4H3/b16-8-. The Hall–Kier alpha value is -2.15. The maximum absolute atomic E-state index is 12.2. The van der Waals surface area contributed by atoms with Gasteiger partial charge in [-0.3, -0.25) is 19.7 Å². The maximum Gasteiger partial charge on any atom is 0.272 e.